The third kappa shape index (κ3) is 5.21. The van der Waals surface area contributed by atoms with Gasteiger partial charge in [0, 0.05) is 37.1 Å². The van der Waals surface area contributed by atoms with Gasteiger partial charge in [-0.25, -0.2) is 4.98 Å². The summed E-state index contributed by atoms with van der Waals surface area (Å²) in [5, 5.41) is 4.73. The molecule has 1 aliphatic heterocycles. The highest BCUT2D eigenvalue weighted by molar-refractivity contribution is 7.11. The molecule has 1 unspecified atom stereocenters. The number of piperidine rings is 1. The van der Waals surface area contributed by atoms with E-state index >= 15 is 0 Å². The first-order chi connectivity index (χ1) is 9.28. The van der Waals surface area contributed by atoms with Crippen LogP contribution in [0.3, 0.4) is 0 Å². The highest BCUT2D eigenvalue weighted by atomic mass is 32.1. The molecule has 1 fully saturated rings. The molecule has 108 valence electrons. The second-order valence-electron chi connectivity index (χ2n) is 5.70. The minimum atomic E-state index is 0.874. The molecule has 1 aliphatic rings. The van der Waals surface area contributed by atoms with Crippen molar-refractivity contribution in [1.29, 1.82) is 0 Å². The van der Waals surface area contributed by atoms with E-state index in [1.807, 2.05) is 17.5 Å². The van der Waals surface area contributed by atoms with Gasteiger partial charge < -0.3 is 10.2 Å². The summed E-state index contributed by atoms with van der Waals surface area (Å²) in [6.45, 7) is 10.4. The molecular weight excluding hydrogens is 254 g/mol. The number of aromatic nitrogens is 1. The van der Waals surface area contributed by atoms with Crippen LogP contribution in [0, 0.1) is 5.92 Å². The molecular formula is C15H27N3S. The molecule has 1 atom stereocenters. The van der Waals surface area contributed by atoms with E-state index in [1.54, 1.807) is 0 Å². The Morgan fingerprint density at radius 2 is 2.42 bits per heavy atom. The van der Waals surface area contributed by atoms with Crippen LogP contribution in [-0.2, 0) is 13.0 Å². The highest BCUT2D eigenvalue weighted by Crippen LogP contribution is 2.17. The standard InChI is InChI=1S/C15H27N3S/c1-3-7-16-10-14-11-17-15(19-14)6-9-18-8-4-5-13(2)12-18/h11,13,16H,3-10,12H2,1-2H3. The second kappa shape index (κ2) is 7.98. The van der Waals surface area contributed by atoms with Crippen molar-refractivity contribution in [2.24, 2.45) is 5.92 Å². The molecule has 1 aromatic heterocycles. The largest absolute Gasteiger partial charge is 0.312 e. The molecule has 0 bridgehead atoms. The molecule has 1 N–H and O–H groups in total. The molecule has 0 amide bonds. The van der Waals surface area contributed by atoms with Gasteiger partial charge in [0.25, 0.3) is 0 Å². The van der Waals surface area contributed by atoms with Crippen molar-refractivity contribution >= 4 is 11.3 Å². The van der Waals surface area contributed by atoms with E-state index in [1.165, 1.54) is 48.8 Å². The molecule has 0 saturated carbocycles. The minimum absolute atomic E-state index is 0.874. The normalized spacial score (nSPS) is 20.8. The lowest BCUT2D eigenvalue weighted by atomic mass is 10.0. The fourth-order valence-electron chi connectivity index (χ4n) is 2.68. The van der Waals surface area contributed by atoms with Crippen LogP contribution in [0.2, 0.25) is 0 Å². The van der Waals surface area contributed by atoms with E-state index in [0.29, 0.717) is 0 Å². The fraction of sp³-hybridized carbons (Fsp3) is 0.800. The lowest BCUT2D eigenvalue weighted by Crippen LogP contribution is -2.35. The first-order valence-electron chi connectivity index (χ1n) is 7.64. The van der Waals surface area contributed by atoms with Crippen molar-refractivity contribution in [3.63, 3.8) is 0 Å². The maximum absolute atomic E-state index is 4.55. The first-order valence-corrected chi connectivity index (χ1v) is 8.46. The number of likely N-dealkylation sites (tertiary alicyclic amines) is 1. The summed E-state index contributed by atoms with van der Waals surface area (Å²) in [6, 6.07) is 0. The van der Waals surface area contributed by atoms with Crippen molar-refractivity contribution in [1.82, 2.24) is 15.2 Å². The molecule has 0 radical (unpaired) electrons. The Morgan fingerprint density at radius 3 is 3.21 bits per heavy atom. The maximum atomic E-state index is 4.55. The van der Waals surface area contributed by atoms with E-state index in [-0.39, 0.29) is 0 Å². The second-order valence-corrected chi connectivity index (χ2v) is 6.89. The molecule has 3 nitrogen and oxygen atoms in total. The van der Waals surface area contributed by atoms with Gasteiger partial charge >= 0.3 is 0 Å². The molecule has 2 heterocycles. The number of nitrogens with zero attached hydrogens (tertiary/aromatic N) is 2. The predicted octanol–water partition coefficient (Wildman–Crippen LogP) is 2.92. The third-order valence-corrected chi connectivity index (χ3v) is 4.77. The lowest BCUT2D eigenvalue weighted by molar-refractivity contribution is 0.186. The Morgan fingerprint density at radius 1 is 1.53 bits per heavy atom. The van der Waals surface area contributed by atoms with Gasteiger partial charge in [0.1, 0.15) is 0 Å². The maximum Gasteiger partial charge on any atom is 0.0940 e. The van der Waals surface area contributed by atoms with Crippen LogP contribution in [-0.4, -0.2) is 36.1 Å². The summed E-state index contributed by atoms with van der Waals surface area (Å²) in [4.78, 5) is 8.52. The van der Waals surface area contributed by atoms with Crippen molar-refractivity contribution in [2.75, 3.05) is 26.2 Å². The van der Waals surface area contributed by atoms with Crippen LogP contribution >= 0.6 is 11.3 Å². The van der Waals surface area contributed by atoms with Gasteiger partial charge in [0.05, 0.1) is 5.01 Å². The van der Waals surface area contributed by atoms with E-state index in [2.05, 4.69) is 29.0 Å². The molecule has 1 aromatic rings. The van der Waals surface area contributed by atoms with Crippen LogP contribution in [0.4, 0.5) is 0 Å². The summed E-state index contributed by atoms with van der Waals surface area (Å²) >= 11 is 1.87. The Labute approximate surface area is 121 Å². The smallest absolute Gasteiger partial charge is 0.0940 e. The topological polar surface area (TPSA) is 28.2 Å². The van der Waals surface area contributed by atoms with E-state index in [9.17, 15) is 0 Å². The van der Waals surface area contributed by atoms with Crippen LogP contribution in [0.25, 0.3) is 0 Å². The summed E-state index contributed by atoms with van der Waals surface area (Å²) in [6.07, 6.45) is 7.12. The average molecular weight is 281 g/mol. The zero-order valence-electron chi connectivity index (χ0n) is 12.3. The summed E-state index contributed by atoms with van der Waals surface area (Å²) in [7, 11) is 0. The minimum Gasteiger partial charge on any atom is -0.312 e. The van der Waals surface area contributed by atoms with E-state index in [0.717, 1.165) is 25.4 Å². The molecule has 19 heavy (non-hydrogen) atoms. The number of hydrogen-bond donors (Lipinski definition) is 1. The zero-order valence-corrected chi connectivity index (χ0v) is 13.1. The fourth-order valence-corrected chi connectivity index (χ4v) is 3.56. The summed E-state index contributed by atoms with van der Waals surface area (Å²) in [5.74, 6) is 0.874. The van der Waals surface area contributed by atoms with Crippen molar-refractivity contribution in [3.8, 4) is 0 Å². The van der Waals surface area contributed by atoms with Gasteiger partial charge in [0.15, 0.2) is 0 Å². The van der Waals surface area contributed by atoms with Gasteiger partial charge in [0.2, 0.25) is 0 Å². The number of nitrogens with one attached hydrogen (secondary N) is 1. The van der Waals surface area contributed by atoms with Crippen molar-refractivity contribution < 1.29 is 0 Å². The monoisotopic (exact) mass is 281 g/mol. The Balaban J connectivity index is 1.70. The Bertz CT molecular complexity index is 364. The highest BCUT2D eigenvalue weighted by Gasteiger charge is 2.16. The number of hydrogen-bond acceptors (Lipinski definition) is 4. The van der Waals surface area contributed by atoms with Gasteiger partial charge in [-0.15, -0.1) is 11.3 Å². The van der Waals surface area contributed by atoms with E-state index < -0.39 is 0 Å². The number of thiazole rings is 1. The molecule has 0 spiro atoms. The van der Waals surface area contributed by atoms with Crippen LogP contribution in [0.1, 0.15) is 43.0 Å². The number of rotatable bonds is 7. The molecule has 4 heteroatoms. The average Bonchev–Trinajstić information content (AvgIpc) is 2.85. The molecule has 1 saturated heterocycles. The predicted molar refractivity (Wildman–Crippen MR) is 82.7 cm³/mol. The van der Waals surface area contributed by atoms with Crippen LogP contribution in [0.5, 0.6) is 0 Å². The summed E-state index contributed by atoms with van der Waals surface area (Å²) < 4.78 is 0. The Kier molecular flexibility index (Phi) is 6.28. The van der Waals surface area contributed by atoms with Gasteiger partial charge in [-0.2, -0.15) is 0 Å². The lowest BCUT2D eigenvalue weighted by Gasteiger charge is -2.30. The molecule has 0 aromatic carbocycles. The summed E-state index contributed by atoms with van der Waals surface area (Å²) in [5.41, 5.74) is 0. The van der Waals surface area contributed by atoms with E-state index in [4.69, 9.17) is 0 Å². The SMILES string of the molecule is CCCNCc1cnc(CCN2CCCC(C)C2)s1. The molecule has 2 rings (SSSR count). The van der Waals surface area contributed by atoms with Crippen LogP contribution in [0.15, 0.2) is 6.20 Å². The van der Waals surface area contributed by atoms with Crippen molar-refractivity contribution in [3.05, 3.63) is 16.1 Å². The zero-order chi connectivity index (χ0) is 13.5. The van der Waals surface area contributed by atoms with Gasteiger partial charge in [-0.05, 0) is 38.3 Å². The Hall–Kier alpha value is -0.450. The quantitative estimate of drug-likeness (QED) is 0.779. The van der Waals surface area contributed by atoms with Crippen LogP contribution < -0.4 is 5.32 Å². The van der Waals surface area contributed by atoms with Gasteiger partial charge in [-0.1, -0.05) is 13.8 Å². The molecule has 0 aliphatic carbocycles. The van der Waals surface area contributed by atoms with Crippen molar-refractivity contribution in [2.45, 2.75) is 46.1 Å². The first kappa shape index (κ1) is 14.9. The van der Waals surface area contributed by atoms with Gasteiger partial charge in [-0.3, -0.25) is 0 Å². The third-order valence-electron chi connectivity index (χ3n) is 3.71.